The van der Waals surface area contributed by atoms with Crippen LogP contribution in [0, 0.1) is 12.7 Å². The first-order valence-corrected chi connectivity index (χ1v) is 10.1. The van der Waals surface area contributed by atoms with Crippen molar-refractivity contribution in [2.24, 2.45) is 0 Å². The van der Waals surface area contributed by atoms with E-state index in [9.17, 15) is 19.1 Å². The number of nitrogens with one attached hydrogen (secondary N) is 1. The second-order valence-electron chi connectivity index (χ2n) is 8.50. The number of halogens is 1. The van der Waals surface area contributed by atoms with Crippen LogP contribution in [-0.4, -0.2) is 33.4 Å². The van der Waals surface area contributed by atoms with E-state index in [-0.39, 0.29) is 12.2 Å². The van der Waals surface area contributed by atoms with E-state index in [1.165, 1.54) is 6.07 Å². The van der Waals surface area contributed by atoms with Gasteiger partial charge in [-0.05, 0) is 45.4 Å². The fourth-order valence-corrected chi connectivity index (χ4v) is 3.62. The van der Waals surface area contributed by atoms with Gasteiger partial charge >= 0.3 is 12.1 Å². The van der Waals surface area contributed by atoms with E-state index in [4.69, 9.17) is 4.74 Å². The summed E-state index contributed by atoms with van der Waals surface area (Å²) in [6, 6.07) is 13.0. The van der Waals surface area contributed by atoms with E-state index in [0.717, 1.165) is 22.2 Å². The van der Waals surface area contributed by atoms with Crippen LogP contribution in [0.2, 0.25) is 0 Å². The van der Waals surface area contributed by atoms with Gasteiger partial charge in [0.25, 0.3) is 0 Å². The summed E-state index contributed by atoms with van der Waals surface area (Å²) in [5, 5.41) is 13.0. The van der Waals surface area contributed by atoms with Crippen molar-refractivity contribution in [1.82, 2.24) is 9.88 Å². The minimum Gasteiger partial charge on any atom is -0.480 e. The molecule has 2 aromatic carbocycles. The number of aliphatic carboxylic acids is 1. The third kappa shape index (κ3) is 5.23. The van der Waals surface area contributed by atoms with Crippen molar-refractivity contribution in [3.63, 3.8) is 0 Å². The maximum absolute atomic E-state index is 14.3. The highest BCUT2D eigenvalue weighted by Crippen LogP contribution is 2.28. The topological polar surface area (TPSA) is 80.6 Å². The summed E-state index contributed by atoms with van der Waals surface area (Å²) in [5.41, 5.74) is 2.29. The normalized spacial score (nSPS) is 12.5. The van der Waals surface area contributed by atoms with Crippen LogP contribution in [-0.2, 0) is 22.5 Å². The van der Waals surface area contributed by atoms with Gasteiger partial charge in [-0.25, -0.2) is 14.0 Å². The van der Waals surface area contributed by atoms with Gasteiger partial charge in [0.1, 0.15) is 17.5 Å². The number of carboxylic acids is 1. The van der Waals surface area contributed by atoms with Crippen molar-refractivity contribution in [2.45, 2.75) is 52.3 Å². The molecule has 3 rings (SSSR count). The average molecular weight is 426 g/mol. The molecule has 0 radical (unpaired) electrons. The van der Waals surface area contributed by atoms with Crippen LogP contribution in [0.1, 0.15) is 37.6 Å². The molecule has 1 heterocycles. The number of benzene rings is 2. The minimum atomic E-state index is -1.17. The van der Waals surface area contributed by atoms with Crippen LogP contribution >= 0.6 is 0 Å². The molecule has 7 heteroatoms. The Bertz CT molecular complexity index is 1110. The molecule has 6 nitrogen and oxygen atoms in total. The third-order valence-corrected chi connectivity index (χ3v) is 5.05. The Morgan fingerprint density at radius 3 is 2.42 bits per heavy atom. The number of amides is 1. The predicted molar refractivity (Wildman–Crippen MR) is 117 cm³/mol. The van der Waals surface area contributed by atoms with Crippen molar-refractivity contribution in [1.29, 1.82) is 0 Å². The Labute approximate surface area is 180 Å². The molecule has 0 saturated carbocycles. The summed E-state index contributed by atoms with van der Waals surface area (Å²) in [7, 11) is 0. The Kier molecular flexibility index (Phi) is 6.34. The largest absolute Gasteiger partial charge is 0.480 e. The van der Waals surface area contributed by atoms with Crippen LogP contribution in [0.4, 0.5) is 9.18 Å². The molecule has 3 aromatic rings. The number of hydrogen-bond donors (Lipinski definition) is 2. The maximum atomic E-state index is 14.3. The molecule has 1 amide bonds. The van der Waals surface area contributed by atoms with Crippen LogP contribution in [0.15, 0.2) is 48.5 Å². The Morgan fingerprint density at radius 2 is 1.77 bits per heavy atom. The number of carbonyl (C=O) groups excluding carboxylic acids is 1. The average Bonchev–Trinajstić information content (AvgIpc) is 2.93. The second-order valence-corrected chi connectivity index (χ2v) is 8.50. The maximum Gasteiger partial charge on any atom is 0.408 e. The fourth-order valence-electron chi connectivity index (χ4n) is 3.62. The number of hydrogen-bond acceptors (Lipinski definition) is 3. The number of nitrogens with zero attached hydrogens (tertiary/aromatic N) is 1. The molecule has 0 aliphatic rings. The number of aromatic nitrogens is 1. The number of carboxylic acid groups (broad SMARTS) is 1. The van der Waals surface area contributed by atoms with Crippen LogP contribution in [0.3, 0.4) is 0 Å². The number of carbonyl (C=O) groups is 2. The van der Waals surface area contributed by atoms with Gasteiger partial charge in [0.2, 0.25) is 0 Å². The van der Waals surface area contributed by atoms with Gasteiger partial charge < -0.3 is 19.7 Å². The number of fused-ring (bicyclic) bond motifs is 1. The molecule has 0 aliphatic heterocycles. The van der Waals surface area contributed by atoms with E-state index in [0.29, 0.717) is 12.1 Å². The molecule has 0 bridgehead atoms. The molecule has 0 fully saturated rings. The molecule has 1 atom stereocenters. The monoisotopic (exact) mass is 426 g/mol. The summed E-state index contributed by atoms with van der Waals surface area (Å²) in [6.07, 6.45) is -0.710. The first-order chi connectivity index (χ1) is 14.6. The molecular formula is C24H27FN2O4. The van der Waals surface area contributed by atoms with Crippen LogP contribution in [0.5, 0.6) is 0 Å². The summed E-state index contributed by atoms with van der Waals surface area (Å²) < 4.78 is 21.4. The van der Waals surface area contributed by atoms with Crippen LogP contribution < -0.4 is 5.32 Å². The highest BCUT2D eigenvalue weighted by Gasteiger charge is 2.27. The molecule has 164 valence electrons. The lowest BCUT2D eigenvalue weighted by atomic mass is 10.0. The smallest absolute Gasteiger partial charge is 0.408 e. The first kappa shape index (κ1) is 22.3. The van der Waals surface area contributed by atoms with Gasteiger partial charge in [-0.2, -0.15) is 0 Å². The molecule has 1 aromatic heterocycles. The van der Waals surface area contributed by atoms with E-state index < -0.39 is 23.7 Å². The predicted octanol–water partition coefficient (Wildman–Crippen LogP) is 4.66. The van der Waals surface area contributed by atoms with E-state index in [1.54, 1.807) is 39.0 Å². The summed E-state index contributed by atoms with van der Waals surface area (Å²) in [4.78, 5) is 24.0. The van der Waals surface area contributed by atoms with E-state index in [1.807, 2.05) is 35.8 Å². The minimum absolute atomic E-state index is 0.0746. The highest BCUT2D eigenvalue weighted by molar-refractivity contribution is 5.87. The van der Waals surface area contributed by atoms with Crippen molar-refractivity contribution < 1.29 is 23.8 Å². The van der Waals surface area contributed by atoms with Gasteiger partial charge in [-0.15, -0.1) is 0 Å². The van der Waals surface area contributed by atoms with Gasteiger partial charge in [0.05, 0.1) is 6.54 Å². The zero-order valence-corrected chi connectivity index (χ0v) is 18.1. The summed E-state index contributed by atoms with van der Waals surface area (Å²) in [5.74, 6) is -1.45. The Balaban J connectivity index is 1.96. The fraction of sp³-hybridized carbons (Fsp3) is 0.333. The number of alkyl carbamates (subject to hydrolysis) is 1. The molecule has 0 aliphatic carbocycles. The lowest BCUT2D eigenvalue weighted by molar-refractivity contribution is -0.139. The summed E-state index contributed by atoms with van der Waals surface area (Å²) in [6.45, 7) is 7.33. The first-order valence-electron chi connectivity index (χ1n) is 10.1. The third-order valence-electron chi connectivity index (χ3n) is 5.05. The van der Waals surface area contributed by atoms with E-state index >= 15 is 0 Å². The zero-order chi connectivity index (χ0) is 22.8. The molecular weight excluding hydrogens is 399 g/mol. The van der Waals surface area contributed by atoms with Crippen molar-refractivity contribution in [3.8, 4) is 0 Å². The van der Waals surface area contributed by atoms with Gasteiger partial charge in [-0.1, -0.05) is 36.4 Å². The SMILES string of the molecule is Cc1c(CC(NC(=O)OC(C)(C)C)C(=O)O)c2ccccc2n1Cc1ccccc1F. The number of para-hydroxylation sites is 1. The van der Waals surface area contributed by atoms with Crippen molar-refractivity contribution >= 4 is 23.0 Å². The highest BCUT2D eigenvalue weighted by atomic mass is 19.1. The van der Waals surface area contributed by atoms with Crippen molar-refractivity contribution in [3.05, 3.63) is 71.2 Å². The Morgan fingerprint density at radius 1 is 1.13 bits per heavy atom. The second kappa shape index (κ2) is 8.79. The molecule has 31 heavy (non-hydrogen) atoms. The van der Waals surface area contributed by atoms with E-state index in [2.05, 4.69) is 5.32 Å². The van der Waals surface area contributed by atoms with Gasteiger partial charge in [0.15, 0.2) is 0 Å². The molecule has 0 spiro atoms. The van der Waals surface area contributed by atoms with Gasteiger partial charge in [-0.3, -0.25) is 0 Å². The lowest BCUT2D eigenvalue weighted by Crippen LogP contribution is -2.44. The number of ether oxygens (including phenoxy) is 1. The zero-order valence-electron chi connectivity index (χ0n) is 18.1. The number of rotatable bonds is 6. The van der Waals surface area contributed by atoms with Crippen molar-refractivity contribution in [2.75, 3.05) is 0 Å². The molecule has 2 N–H and O–H groups in total. The standard InChI is InChI=1S/C24H27FN2O4/c1-15-18(13-20(22(28)29)26-23(30)31-24(2,3)4)17-10-6-8-12-21(17)27(15)14-16-9-5-7-11-19(16)25/h5-12,20H,13-14H2,1-4H3,(H,26,30)(H,28,29). The quantitative estimate of drug-likeness (QED) is 0.601. The Hall–Kier alpha value is -3.35. The lowest BCUT2D eigenvalue weighted by Gasteiger charge is -2.22. The molecule has 1 unspecified atom stereocenters. The summed E-state index contributed by atoms with van der Waals surface area (Å²) >= 11 is 0. The van der Waals surface area contributed by atoms with Gasteiger partial charge in [0, 0.05) is 28.6 Å². The molecule has 0 saturated heterocycles. The van der Waals surface area contributed by atoms with Crippen LogP contribution in [0.25, 0.3) is 10.9 Å².